The molecule has 0 spiro atoms. The van der Waals surface area contributed by atoms with Crippen molar-refractivity contribution in [1.29, 1.82) is 0 Å². The monoisotopic (exact) mass is 789 g/mol. The summed E-state index contributed by atoms with van der Waals surface area (Å²) in [7, 11) is 0. The lowest BCUT2D eigenvalue weighted by molar-refractivity contribution is -0.158. The summed E-state index contributed by atoms with van der Waals surface area (Å²) in [4.78, 5) is 76.3. The van der Waals surface area contributed by atoms with Crippen LogP contribution in [-0.2, 0) is 44.7 Å². The molecule has 0 bridgehead atoms. The molecule has 1 rings (SSSR count). The van der Waals surface area contributed by atoms with Crippen LogP contribution in [0.2, 0.25) is 0 Å². The molecule has 1 unspecified atom stereocenters. The van der Waals surface area contributed by atoms with Crippen LogP contribution in [0.1, 0.15) is 187 Å². The highest BCUT2D eigenvalue weighted by molar-refractivity contribution is 5.97. The van der Waals surface area contributed by atoms with Crippen LogP contribution in [0.5, 0.6) is 0 Å². The van der Waals surface area contributed by atoms with Crippen molar-refractivity contribution in [3.8, 4) is 0 Å². The number of benzene rings is 1. The Balaban J connectivity index is 2.60. The summed E-state index contributed by atoms with van der Waals surface area (Å²) in [6.07, 6.45) is 13.4. The van der Waals surface area contributed by atoms with Crippen molar-refractivity contribution in [2.24, 2.45) is 0 Å². The summed E-state index contributed by atoms with van der Waals surface area (Å²) in [6.45, 7) is 16.6. The van der Waals surface area contributed by atoms with E-state index in [4.69, 9.17) is 19.3 Å². The smallest absolute Gasteiger partial charge is 0.329 e. The van der Waals surface area contributed by atoms with Crippen molar-refractivity contribution in [2.75, 3.05) is 6.54 Å². The van der Waals surface area contributed by atoms with E-state index in [-0.39, 0.29) is 55.8 Å². The van der Waals surface area contributed by atoms with Crippen molar-refractivity contribution in [2.45, 2.75) is 201 Å². The zero-order valence-corrected chi connectivity index (χ0v) is 35.9. The van der Waals surface area contributed by atoms with Crippen LogP contribution >= 0.6 is 0 Å². The van der Waals surface area contributed by atoms with Gasteiger partial charge in [-0.15, -0.1) is 0 Å². The molecule has 1 atom stereocenters. The van der Waals surface area contributed by atoms with Gasteiger partial charge in [0, 0.05) is 37.9 Å². The fourth-order valence-corrected chi connectivity index (χ4v) is 5.89. The predicted molar refractivity (Wildman–Crippen MR) is 217 cm³/mol. The van der Waals surface area contributed by atoms with Crippen LogP contribution in [-0.4, -0.2) is 75.1 Å². The normalized spacial score (nSPS) is 12.4. The summed E-state index contributed by atoms with van der Waals surface area (Å²) in [5.41, 5.74) is -0.850. The number of carboxylic acid groups (broad SMARTS) is 1. The van der Waals surface area contributed by atoms with Gasteiger partial charge in [0.1, 0.15) is 22.8 Å². The van der Waals surface area contributed by atoms with E-state index in [2.05, 4.69) is 5.32 Å². The number of carbonyl (C=O) groups is 6. The van der Waals surface area contributed by atoms with Gasteiger partial charge in [-0.3, -0.25) is 24.0 Å². The van der Waals surface area contributed by atoms with E-state index in [1.54, 1.807) is 70.7 Å². The van der Waals surface area contributed by atoms with E-state index in [0.29, 0.717) is 12.8 Å². The highest BCUT2D eigenvalue weighted by atomic mass is 16.6. The molecule has 318 valence electrons. The molecule has 0 aliphatic carbocycles. The Kier molecular flexibility index (Phi) is 22.6. The van der Waals surface area contributed by atoms with E-state index in [1.807, 2.05) is 20.8 Å². The van der Waals surface area contributed by atoms with Gasteiger partial charge in [-0.05, 0) is 99.3 Å². The zero-order chi connectivity index (χ0) is 42.4. The van der Waals surface area contributed by atoms with Gasteiger partial charge >= 0.3 is 23.9 Å². The Bertz CT molecular complexity index is 1370. The number of unbranched alkanes of at least 4 members (excludes halogenated alkanes) is 11. The molecule has 0 aliphatic heterocycles. The van der Waals surface area contributed by atoms with Crippen LogP contribution in [0.3, 0.4) is 0 Å². The number of aliphatic carboxylic acids is 1. The molecule has 1 aromatic rings. The van der Waals surface area contributed by atoms with Gasteiger partial charge in [-0.1, -0.05) is 76.3 Å². The molecule has 56 heavy (non-hydrogen) atoms. The van der Waals surface area contributed by atoms with E-state index in [9.17, 15) is 28.8 Å². The molecule has 0 saturated carbocycles. The lowest BCUT2D eigenvalue weighted by Gasteiger charge is -2.25. The van der Waals surface area contributed by atoms with E-state index in [0.717, 1.165) is 50.5 Å². The van der Waals surface area contributed by atoms with Crippen LogP contribution in [0.15, 0.2) is 24.3 Å². The van der Waals surface area contributed by atoms with Crippen molar-refractivity contribution in [1.82, 2.24) is 10.2 Å². The summed E-state index contributed by atoms with van der Waals surface area (Å²) in [5, 5.41) is 11.7. The second-order valence-electron chi connectivity index (χ2n) is 17.7. The first-order chi connectivity index (χ1) is 26.0. The van der Waals surface area contributed by atoms with E-state index < -0.39 is 40.7 Å². The van der Waals surface area contributed by atoms with Crippen molar-refractivity contribution >= 4 is 35.7 Å². The van der Waals surface area contributed by atoms with Crippen LogP contribution < -0.4 is 5.32 Å². The standard InChI is InChI=1S/C44H72N2O10/c1-42(2,3)54-38(50)23-21-19-17-15-13-11-10-12-14-16-18-20-22-36(47)46(31-30-39(51)55-43(4,5)6)32-33-24-26-34(27-25-33)40(52)45-35(28-29-37(48)49)41(53)56-44(7,8)9/h24-27,35H,10-23,28-32H2,1-9H3,(H,45,52)(H,48,49). The summed E-state index contributed by atoms with van der Waals surface area (Å²) in [5.74, 6) is -2.92. The first-order valence-electron chi connectivity index (χ1n) is 20.6. The second kappa shape index (κ2) is 25.3. The maximum atomic E-state index is 13.4. The number of esters is 3. The lowest BCUT2D eigenvalue weighted by atomic mass is 10.0. The van der Waals surface area contributed by atoms with Gasteiger partial charge < -0.3 is 29.5 Å². The highest BCUT2D eigenvalue weighted by Crippen LogP contribution is 2.18. The molecular weight excluding hydrogens is 716 g/mol. The van der Waals surface area contributed by atoms with E-state index >= 15 is 0 Å². The number of carboxylic acids is 1. The lowest BCUT2D eigenvalue weighted by Crippen LogP contribution is -2.44. The first-order valence-corrected chi connectivity index (χ1v) is 20.6. The quantitative estimate of drug-likeness (QED) is 0.0526. The third-order valence-corrected chi connectivity index (χ3v) is 8.53. The Hall–Kier alpha value is -3.96. The Morgan fingerprint density at radius 1 is 0.589 bits per heavy atom. The second-order valence-corrected chi connectivity index (χ2v) is 17.7. The maximum Gasteiger partial charge on any atom is 0.329 e. The largest absolute Gasteiger partial charge is 0.481 e. The number of nitrogens with one attached hydrogen (secondary N) is 1. The summed E-state index contributed by atoms with van der Waals surface area (Å²) in [6, 6.07) is 5.47. The van der Waals surface area contributed by atoms with Gasteiger partial charge in [0.25, 0.3) is 5.91 Å². The number of nitrogens with zero attached hydrogens (tertiary/aromatic N) is 1. The van der Waals surface area contributed by atoms with Crippen LogP contribution in [0.4, 0.5) is 0 Å². The highest BCUT2D eigenvalue weighted by Gasteiger charge is 2.28. The molecule has 0 fully saturated rings. The number of hydrogen-bond donors (Lipinski definition) is 2. The van der Waals surface area contributed by atoms with Crippen LogP contribution in [0.25, 0.3) is 0 Å². The molecule has 2 amide bonds. The summed E-state index contributed by atoms with van der Waals surface area (Å²) >= 11 is 0. The van der Waals surface area contributed by atoms with Crippen LogP contribution in [0, 0.1) is 0 Å². The minimum Gasteiger partial charge on any atom is -0.481 e. The first kappa shape index (κ1) is 50.1. The third-order valence-electron chi connectivity index (χ3n) is 8.53. The fourth-order valence-electron chi connectivity index (χ4n) is 5.89. The number of rotatable bonds is 26. The van der Waals surface area contributed by atoms with Crippen molar-refractivity contribution in [3.63, 3.8) is 0 Å². The van der Waals surface area contributed by atoms with Gasteiger partial charge in [0.15, 0.2) is 0 Å². The number of carbonyl (C=O) groups excluding carboxylic acids is 5. The van der Waals surface area contributed by atoms with Gasteiger partial charge in [0.2, 0.25) is 5.91 Å². The average molecular weight is 789 g/mol. The Morgan fingerprint density at radius 2 is 1.02 bits per heavy atom. The molecule has 0 saturated heterocycles. The summed E-state index contributed by atoms with van der Waals surface area (Å²) < 4.78 is 16.2. The molecule has 2 N–H and O–H groups in total. The minimum atomic E-state index is -1.14. The topological polar surface area (TPSA) is 166 Å². The molecule has 0 aromatic heterocycles. The molecule has 1 aromatic carbocycles. The fraction of sp³-hybridized carbons (Fsp3) is 0.727. The minimum absolute atomic E-state index is 0.0535. The molecule has 12 nitrogen and oxygen atoms in total. The van der Waals surface area contributed by atoms with Crippen molar-refractivity contribution in [3.05, 3.63) is 35.4 Å². The number of amides is 2. The van der Waals surface area contributed by atoms with E-state index in [1.165, 1.54) is 32.1 Å². The van der Waals surface area contributed by atoms with Crippen molar-refractivity contribution < 1.29 is 48.1 Å². The molecule has 0 aliphatic rings. The zero-order valence-electron chi connectivity index (χ0n) is 35.9. The van der Waals surface area contributed by atoms with Gasteiger partial charge in [0.05, 0.1) is 6.42 Å². The number of ether oxygens (including phenoxy) is 3. The van der Waals surface area contributed by atoms with Gasteiger partial charge in [-0.25, -0.2) is 4.79 Å². The molecule has 0 heterocycles. The average Bonchev–Trinajstić information content (AvgIpc) is 3.06. The number of hydrogen-bond acceptors (Lipinski definition) is 9. The predicted octanol–water partition coefficient (Wildman–Crippen LogP) is 8.86. The molecule has 12 heteroatoms. The molecular formula is C44H72N2O10. The third kappa shape index (κ3) is 26.0. The molecule has 0 radical (unpaired) electrons. The SMILES string of the molecule is CC(C)(C)OC(=O)CCCCCCCCCCCCCCC(=O)N(CCC(=O)OC(C)(C)C)Cc1ccc(C(=O)NC(CCC(=O)O)C(=O)OC(C)(C)C)cc1. The Morgan fingerprint density at radius 3 is 1.46 bits per heavy atom. The maximum absolute atomic E-state index is 13.4. The van der Waals surface area contributed by atoms with Gasteiger partial charge in [-0.2, -0.15) is 0 Å². The Labute approximate surface area is 336 Å².